The number of guanidine groups is 1. The molecular weight excluding hydrogens is 414 g/mol. The third kappa shape index (κ3) is 5.76. The normalized spacial score (nSPS) is 17.2. The van der Waals surface area contributed by atoms with E-state index in [0.29, 0.717) is 12.4 Å². The molecule has 0 aliphatic carbocycles. The summed E-state index contributed by atoms with van der Waals surface area (Å²) in [6.45, 7) is 8.80. The van der Waals surface area contributed by atoms with Crippen molar-refractivity contribution in [3.05, 3.63) is 46.5 Å². The van der Waals surface area contributed by atoms with Gasteiger partial charge in [-0.05, 0) is 101 Å². The Morgan fingerprint density at radius 1 is 1.16 bits per heavy atom. The lowest BCUT2D eigenvalue weighted by Gasteiger charge is -2.38. The van der Waals surface area contributed by atoms with Crippen LogP contribution >= 0.6 is 12.4 Å². The fourth-order valence-corrected chi connectivity index (χ4v) is 4.05. The van der Waals surface area contributed by atoms with Gasteiger partial charge in [0.25, 0.3) is 0 Å². The zero-order chi connectivity index (χ0) is 21.9. The Morgan fingerprint density at radius 3 is 2.48 bits per heavy atom. The summed E-state index contributed by atoms with van der Waals surface area (Å²) in [6.07, 6.45) is 4.82. The number of phenolic OH excluding ortho intramolecular Hbond substituents is 1. The summed E-state index contributed by atoms with van der Waals surface area (Å²) in [7, 11) is 0. The van der Waals surface area contributed by atoms with Crippen molar-refractivity contribution in [2.75, 3.05) is 11.9 Å². The highest BCUT2D eigenvalue weighted by atomic mass is 35.5. The number of fused-ring (bicyclic) bond motifs is 1. The molecule has 0 saturated carbocycles. The lowest BCUT2D eigenvalue weighted by molar-refractivity contribution is 0.0513. The minimum Gasteiger partial charge on any atom is -0.507 e. The number of nitrogens with two attached hydrogens (primary N) is 1. The standard InChI is InChI=1S/C24H33N3O3.ClH/c1-15-16(2)22-20(17(3)21(15)28)11-13-24(4,30-22)12-5-6-14-29-19-9-7-18(8-10-19)27-23(25)26;/h7-10,28H,5-6,11-14H2,1-4H3,(H4,25,26,27);1H. The molecule has 0 spiro atoms. The molecule has 0 radical (unpaired) electrons. The Labute approximate surface area is 191 Å². The predicted octanol–water partition coefficient (Wildman–Crippen LogP) is 5.38. The second kappa shape index (κ2) is 10.1. The summed E-state index contributed by atoms with van der Waals surface area (Å²) in [6, 6.07) is 7.43. The average Bonchev–Trinajstić information content (AvgIpc) is 2.71. The number of hydrogen-bond acceptors (Lipinski definition) is 4. The zero-order valence-electron chi connectivity index (χ0n) is 18.8. The first-order valence-electron chi connectivity index (χ1n) is 10.5. The van der Waals surface area contributed by atoms with Crippen molar-refractivity contribution in [2.45, 2.75) is 65.4 Å². The van der Waals surface area contributed by atoms with Gasteiger partial charge in [-0.2, -0.15) is 0 Å². The summed E-state index contributed by atoms with van der Waals surface area (Å²) >= 11 is 0. The Balaban J connectivity index is 0.00000341. The van der Waals surface area contributed by atoms with Crippen LogP contribution in [0.1, 0.15) is 54.9 Å². The molecule has 170 valence electrons. The first kappa shape index (κ1) is 24.7. The van der Waals surface area contributed by atoms with Crippen molar-refractivity contribution in [1.82, 2.24) is 0 Å². The topological polar surface area (TPSA) is 101 Å². The molecule has 0 amide bonds. The van der Waals surface area contributed by atoms with E-state index in [1.54, 1.807) is 0 Å². The molecule has 1 aliphatic rings. The third-order valence-corrected chi connectivity index (χ3v) is 6.09. The number of benzene rings is 2. The molecule has 0 saturated heterocycles. The van der Waals surface area contributed by atoms with E-state index in [1.807, 2.05) is 45.0 Å². The summed E-state index contributed by atoms with van der Waals surface area (Å²) in [5.74, 6) is 2.09. The van der Waals surface area contributed by atoms with Crippen molar-refractivity contribution in [3.8, 4) is 17.2 Å². The van der Waals surface area contributed by atoms with Crippen LogP contribution in [-0.2, 0) is 6.42 Å². The van der Waals surface area contributed by atoms with Crippen LogP contribution < -0.4 is 20.5 Å². The molecule has 2 aromatic carbocycles. The molecule has 6 nitrogen and oxygen atoms in total. The van der Waals surface area contributed by atoms with Gasteiger partial charge in [0.05, 0.1) is 6.61 Å². The fraction of sp³-hybridized carbons (Fsp3) is 0.458. The molecule has 5 N–H and O–H groups in total. The van der Waals surface area contributed by atoms with E-state index < -0.39 is 0 Å². The maximum absolute atomic E-state index is 10.3. The molecule has 7 heteroatoms. The van der Waals surface area contributed by atoms with Crippen LogP contribution in [0.25, 0.3) is 0 Å². The number of aromatic hydroxyl groups is 1. The molecule has 0 fully saturated rings. The maximum Gasteiger partial charge on any atom is 0.190 e. The van der Waals surface area contributed by atoms with Crippen LogP contribution in [0.4, 0.5) is 5.69 Å². The number of nitrogens with one attached hydrogen (secondary N) is 2. The largest absolute Gasteiger partial charge is 0.507 e. The van der Waals surface area contributed by atoms with E-state index >= 15 is 0 Å². The van der Waals surface area contributed by atoms with Crippen LogP contribution in [0.3, 0.4) is 0 Å². The molecule has 1 atom stereocenters. The van der Waals surface area contributed by atoms with Crippen molar-refractivity contribution in [3.63, 3.8) is 0 Å². The number of halogens is 1. The molecular formula is C24H34ClN3O3. The molecule has 0 aromatic heterocycles. The van der Waals surface area contributed by atoms with Gasteiger partial charge in [0, 0.05) is 11.3 Å². The molecule has 2 aromatic rings. The van der Waals surface area contributed by atoms with Gasteiger partial charge in [-0.25, -0.2) is 0 Å². The smallest absolute Gasteiger partial charge is 0.190 e. The zero-order valence-corrected chi connectivity index (χ0v) is 19.6. The Kier molecular flexibility index (Phi) is 8.07. The lowest BCUT2D eigenvalue weighted by Crippen LogP contribution is -2.37. The average molecular weight is 448 g/mol. The van der Waals surface area contributed by atoms with Crippen LogP contribution in [0.5, 0.6) is 17.2 Å². The van der Waals surface area contributed by atoms with E-state index in [9.17, 15) is 5.11 Å². The van der Waals surface area contributed by atoms with Crippen LogP contribution in [-0.4, -0.2) is 23.3 Å². The summed E-state index contributed by atoms with van der Waals surface area (Å²) in [5.41, 5.74) is 9.97. The first-order valence-corrected chi connectivity index (χ1v) is 10.5. The number of rotatable bonds is 7. The van der Waals surface area contributed by atoms with Gasteiger partial charge < -0.3 is 25.6 Å². The summed E-state index contributed by atoms with van der Waals surface area (Å²) in [5, 5.41) is 20.3. The highest BCUT2D eigenvalue weighted by Crippen LogP contribution is 2.44. The summed E-state index contributed by atoms with van der Waals surface area (Å²) < 4.78 is 12.3. The van der Waals surface area contributed by atoms with E-state index in [0.717, 1.165) is 71.5 Å². The maximum atomic E-state index is 10.3. The minimum absolute atomic E-state index is 0. The number of ether oxygens (including phenoxy) is 2. The van der Waals surface area contributed by atoms with Gasteiger partial charge in [0.1, 0.15) is 22.8 Å². The van der Waals surface area contributed by atoms with E-state index in [-0.39, 0.29) is 24.0 Å². The first-order chi connectivity index (χ1) is 14.2. The van der Waals surface area contributed by atoms with E-state index in [4.69, 9.17) is 20.6 Å². The Morgan fingerprint density at radius 2 is 1.84 bits per heavy atom. The highest BCUT2D eigenvalue weighted by Gasteiger charge is 2.34. The second-order valence-corrected chi connectivity index (χ2v) is 8.45. The highest BCUT2D eigenvalue weighted by molar-refractivity contribution is 5.89. The van der Waals surface area contributed by atoms with Gasteiger partial charge in [0.2, 0.25) is 0 Å². The quantitative estimate of drug-likeness (QED) is 0.259. The lowest BCUT2D eigenvalue weighted by atomic mass is 9.85. The van der Waals surface area contributed by atoms with E-state index in [2.05, 4.69) is 12.2 Å². The molecule has 0 bridgehead atoms. The number of anilines is 1. The van der Waals surface area contributed by atoms with Crippen LogP contribution in [0.15, 0.2) is 24.3 Å². The van der Waals surface area contributed by atoms with Gasteiger partial charge in [0.15, 0.2) is 5.96 Å². The summed E-state index contributed by atoms with van der Waals surface area (Å²) in [4.78, 5) is 0. The van der Waals surface area contributed by atoms with Crippen molar-refractivity contribution < 1.29 is 14.6 Å². The van der Waals surface area contributed by atoms with Crippen LogP contribution in [0, 0.1) is 26.2 Å². The predicted molar refractivity (Wildman–Crippen MR) is 128 cm³/mol. The minimum atomic E-state index is -0.187. The van der Waals surface area contributed by atoms with Crippen molar-refractivity contribution >= 4 is 24.1 Å². The fourth-order valence-electron chi connectivity index (χ4n) is 4.05. The molecule has 31 heavy (non-hydrogen) atoms. The van der Waals surface area contributed by atoms with Gasteiger partial charge in [-0.15, -0.1) is 12.4 Å². The Hall–Kier alpha value is -2.60. The number of phenols is 1. The van der Waals surface area contributed by atoms with Crippen LogP contribution in [0.2, 0.25) is 0 Å². The Bertz CT molecular complexity index is 931. The third-order valence-electron chi connectivity index (χ3n) is 6.09. The SMILES string of the molecule is Cc1c(C)c2c(c(C)c1O)CCC(C)(CCCCOc1ccc(NC(=N)N)cc1)O2.Cl. The number of unbranched alkanes of at least 4 members (excludes halogenated alkanes) is 1. The number of hydrogen-bond donors (Lipinski definition) is 4. The molecule has 1 heterocycles. The van der Waals surface area contributed by atoms with Crippen molar-refractivity contribution in [2.24, 2.45) is 5.73 Å². The second-order valence-electron chi connectivity index (χ2n) is 8.45. The van der Waals surface area contributed by atoms with Gasteiger partial charge in [-0.1, -0.05) is 0 Å². The van der Waals surface area contributed by atoms with Crippen molar-refractivity contribution in [1.29, 1.82) is 5.41 Å². The molecule has 3 rings (SSSR count). The molecule has 1 aliphatic heterocycles. The molecule has 1 unspecified atom stereocenters. The van der Waals surface area contributed by atoms with Gasteiger partial charge in [-0.3, -0.25) is 5.41 Å². The monoisotopic (exact) mass is 447 g/mol. The van der Waals surface area contributed by atoms with E-state index in [1.165, 1.54) is 0 Å². The van der Waals surface area contributed by atoms with Gasteiger partial charge >= 0.3 is 0 Å².